The molecule has 0 radical (unpaired) electrons. The molecule has 2 rings (SSSR count). The largest absolute Gasteiger partial charge is 0.310 e. The first kappa shape index (κ1) is 14.5. The molecule has 4 nitrogen and oxygen atoms in total. The number of nitrogens with one attached hydrogen (secondary N) is 1. The molecule has 108 valence electrons. The predicted molar refractivity (Wildman–Crippen MR) is 79.4 cm³/mol. The lowest BCUT2D eigenvalue weighted by Crippen LogP contribution is -2.28. The number of aryl methyl sites for hydroxylation is 2. The molecule has 2 heterocycles. The molecule has 0 aliphatic carbocycles. The predicted octanol–water partition coefficient (Wildman–Crippen LogP) is 2.12. The lowest BCUT2D eigenvalue weighted by Gasteiger charge is -2.18. The maximum atomic E-state index is 4.61. The molecule has 0 bridgehead atoms. The highest BCUT2D eigenvalue weighted by Crippen LogP contribution is 2.22. The van der Waals surface area contributed by atoms with Gasteiger partial charge in [0.25, 0.3) is 0 Å². The highest BCUT2D eigenvalue weighted by atomic mass is 15.3. The van der Waals surface area contributed by atoms with Crippen LogP contribution < -0.4 is 5.32 Å². The molecule has 1 aromatic heterocycles. The Hall–Kier alpha value is -0.870. The van der Waals surface area contributed by atoms with Crippen LogP contribution in [0.3, 0.4) is 0 Å². The van der Waals surface area contributed by atoms with Crippen LogP contribution in [-0.2, 0) is 6.54 Å². The monoisotopic (exact) mass is 264 g/mol. The summed E-state index contributed by atoms with van der Waals surface area (Å²) in [6, 6.07) is 0.395. The summed E-state index contributed by atoms with van der Waals surface area (Å²) in [6.07, 6.45) is 1.32. The van der Waals surface area contributed by atoms with Crippen molar-refractivity contribution in [3.63, 3.8) is 0 Å². The van der Waals surface area contributed by atoms with Crippen molar-refractivity contribution < 1.29 is 0 Å². The third-order valence-electron chi connectivity index (χ3n) is 4.37. The standard InChI is InChI=1S/C15H28N4/c1-6-19-13(4)15(12(3)17-19)11(2)16-9-14-7-8-18(5)10-14/h11,14,16H,6-10H2,1-5H3. The van der Waals surface area contributed by atoms with Gasteiger partial charge in [0.1, 0.15) is 0 Å². The Bertz CT molecular complexity index is 424. The molecule has 1 aliphatic rings. The fourth-order valence-corrected chi connectivity index (χ4v) is 3.28. The number of rotatable bonds is 5. The summed E-state index contributed by atoms with van der Waals surface area (Å²) >= 11 is 0. The summed E-state index contributed by atoms with van der Waals surface area (Å²) in [7, 11) is 2.21. The van der Waals surface area contributed by atoms with Gasteiger partial charge in [-0.15, -0.1) is 0 Å². The van der Waals surface area contributed by atoms with Crippen molar-refractivity contribution in [3.05, 3.63) is 17.0 Å². The molecular weight excluding hydrogens is 236 g/mol. The Morgan fingerprint density at radius 2 is 2.16 bits per heavy atom. The van der Waals surface area contributed by atoms with Crippen molar-refractivity contribution >= 4 is 0 Å². The van der Waals surface area contributed by atoms with Gasteiger partial charge in [0.2, 0.25) is 0 Å². The van der Waals surface area contributed by atoms with E-state index < -0.39 is 0 Å². The van der Waals surface area contributed by atoms with Crippen LogP contribution in [0.25, 0.3) is 0 Å². The first-order valence-electron chi connectivity index (χ1n) is 7.48. The molecule has 2 unspecified atom stereocenters. The molecule has 0 amide bonds. The van der Waals surface area contributed by atoms with Crippen molar-refractivity contribution in [2.45, 2.75) is 46.7 Å². The van der Waals surface area contributed by atoms with Gasteiger partial charge in [0.05, 0.1) is 5.69 Å². The maximum Gasteiger partial charge on any atom is 0.0644 e. The van der Waals surface area contributed by atoms with Crippen molar-refractivity contribution in [1.29, 1.82) is 0 Å². The lowest BCUT2D eigenvalue weighted by molar-refractivity contribution is 0.381. The highest BCUT2D eigenvalue weighted by molar-refractivity contribution is 5.27. The Kier molecular flexibility index (Phi) is 4.63. The lowest BCUT2D eigenvalue weighted by atomic mass is 10.0. The number of nitrogens with zero attached hydrogens (tertiary/aromatic N) is 3. The fourth-order valence-electron chi connectivity index (χ4n) is 3.28. The molecule has 0 saturated carbocycles. The number of hydrogen-bond acceptors (Lipinski definition) is 3. The Labute approximate surface area is 117 Å². The van der Waals surface area contributed by atoms with Gasteiger partial charge in [-0.1, -0.05) is 0 Å². The number of aromatic nitrogens is 2. The topological polar surface area (TPSA) is 33.1 Å². The van der Waals surface area contributed by atoms with Crippen LogP contribution in [0, 0.1) is 19.8 Å². The molecule has 2 atom stereocenters. The zero-order valence-electron chi connectivity index (χ0n) is 13.0. The van der Waals surface area contributed by atoms with Crippen molar-refractivity contribution in [1.82, 2.24) is 20.0 Å². The van der Waals surface area contributed by atoms with Crippen LogP contribution in [0.15, 0.2) is 0 Å². The van der Waals surface area contributed by atoms with E-state index in [1.165, 1.54) is 36.5 Å². The second-order valence-electron chi connectivity index (χ2n) is 5.95. The van der Waals surface area contributed by atoms with Gasteiger partial charge in [0.15, 0.2) is 0 Å². The number of hydrogen-bond donors (Lipinski definition) is 1. The minimum Gasteiger partial charge on any atom is -0.310 e. The molecule has 19 heavy (non-hydrogen) atoms. The van der Waals surface area contributed by atoms with E-state index in [9.17, 15) is 0 Å². The van der Waals surface area contributed by atoms with Gasteiger partial charge in [-0.25, -0.2) is 0 Å². The molecular formula is C15H28N4. The Balaban J connectivity index is 1.96. The molecule has 0 aromatic carbocycles. The molecule has 1 aliphatic heterocycles. The van der Waals surface area contributed by atoms with Gasteiger partial charge in [-0.3, -0.25) is 4.68 Å². The minimum atomic E-state index is 0.395. The first-order chi connectivity index (χ1) is 9.02. The van der Waals surface area contributed by atoms with Gasteiger partial charge in [0, 0.05) is 30.4 Å². The van der Waals surface area contributed by atoms with Crippen molar-refractivity contribution in [3.8, 4) is 0 Å². The summed E-state index contributed by atoms with van der Waals surface area (Å²) in [5.74, 6) is 0.800. The summed E-state index contributed by atoms with van der Waals surface area (Å²) in [6.45, 7) is 13.2. The van der Waals surface area contributed by atoms with Gasteiger partial charge < -0.3 is 10.2 Å². The second-order valence-corrected chi connectivity index (χ2v) is 5.95. The third-order valence-corrected chi connectivity index (χ3v) is 4.37. The maximum absolute atomic E-state index is 4.61. The SMILES string of the molecule is CCn1nc(C)c(C(C)NCC2CCN(C)C2)c1C. The molecule has 4 heteroatoms. The van der Waals surface area contributed by atoms with Crippen LogP contribution in [0.1, 0.15) is 43.3 Å². The normalized spacial score (nSPS) is 22.1. The molecule has 0 spiro atoms. The minimum absolute atomic E-state index is 0.395. The molecule has 1 aromatic rings. The summed E-state index contributed by atoms with van der Waals surface area (Å²) < 4.78 is 2.10. The van der Waals surface area contributed by atoms with E-state index in [-0.39, 0.29) is 0 Å². The molecule has 1 N–H and O–H groups in total. The van der Waals surface area contributed by atoms with Crippen LogP contribution in [-0.4, -0.2) is 41.4 Å². The van der Waals surface area contributed by atoms with Gasteiger partial charge >= 0.3 is 0 Å². The van der Waals surface area contributed by atoms with Crippen LogP contribution in [0.4, 0.5) is 0 Å². The second kappa shape index (κ2) is 6.06. The Morgan fingerprint density at radius 1 is 1.42 bits per heavy atom. The zero-order valence-corrected chi connectivity index (χ0v) is 13.0. The van der Waals surface area contributed by atoms with E-state index in [4.69, 9.17) is 0 Å². The summed E-state index contributed by atoms with van der Waals surface area (Å²) in [4.78, 5) is 2.42. The average Bonchev–Trinajstić information content (AvgIpc) is 2.90. The van der Waals surface area contributed by atoms with Crippen LogP contribution in [0.5, 0.6) is 0 Å². The highest BCUT2D eigenvalue weighted by Gasteiger charge is 2.21. The quantitative estimate of drug-likeness (QED) is 0.884. The van der Waals surface area contributed by atoms with E-state index in [1.54, 1.807) is 0 Å². The van der Waals surface area contributed by atoms with Gasteiger partial charge in [-0.2, -0.15) is 5.10 Å². The fraction of sp³-hybridized carbons (Fsp3) is 0.800. The zero-order chi connectivity index (χ0) is 14.0. The van der Waals surface area contributed by atoms with Crippen LogP contribution in [0.2, 0.25) is 0 Å². The van der Waals surface area contributed by atoms with E-state index in [0.717, 1.165) is 19.0 Å². The van der Waals surface area contributed by atoms with Crippen molar-refractivity contribution in [2.75, 3.05) is 26.7 Å². The average molecular weight is 264 g/mol. The van der Waals surface area contributed by atoms with Gasteiger partial charge in [-0.05, 0) is 60.2 Å². The van der Waals surface area contributed by atoms with E-state index in [1.807, 2.05) is 0 Å². The van der Waals surface area contributed by atoms with Crippen molar-refractivity contribution in [2.24, 2.45) is 5.92 Å². The van der Waals surface area contributed by atoms with E-state index in [0.29, 0.717) is 6.04 Å². The molecule has 1 fully saturated rings. The van der Waals surface area contributed by atoms with Crippen LogP contribution >= 0.6 is 0 Å². The third kappa shape index (κ3) is 3.18. The Morgan fingerprint density at radius 3 is 2.68 bits per heavy atom. The number of likely N-dealkylation sites (tertiary alicyclic amines) is 1. The van der Waals surface area contributed by atoms with E-state index >= 15 is 0 Å². The van der Waals surface area contributed by atoms with E-state index in [2.05, 4.69) is 54.7 Å². The summed E-state index contributed by atoms with van der Waals surface area (Å²) in [5, 5.41) is 8.31. The summed E-state index contributed by atoms with van der Waals surface area (Å²) in [5.41, 5.74) is 3.86. The molecule has 1 saturated heterocycles. The first-order valence-corrected chi connectivity index (χ1v) is 7.48. The smallest absolute Gasteiger partial charge is 0.0644 e.